The molecule has 2 aromatic carbocycles. The van der Waals surface area contributed by atoms with Crippen molar-refractivity contribution in [1.29, 1.82) is 0 Å². The van der Waals surface area contributed by atoms with Gasteiger partial charge in [-0.25, -0.2) is 0 Å². The van der Waals surface area contributed by atoms with Crippen molar-refractivity contribution in [2.24, 2.45) is 11.8 Å². The topological polar surface area (TPSA) is 9.23 Å². The highest BCUT2D eigenvalue weighted by molar-refractivity contribution is 5.42. The highest BCUT2D eigenvalue weighted by Gasteiger charge is 2.41. The van der Waals surface area contributed by atoms with Gasteiger partial charge in [0.25, 0.3) is 0 Å². The van der Waals surface area contributed by atoms with Gasteiger partial charge < -0.3 is 4.74 Å². The largest absolute Gasteiger partial charge is 0.376 e. The van der Waals surface area contributed by atoms with Gasteiger partial charge in [0.1, 0.15) is 0 Å². The third kappa shape index (κ3) is 6.01. The van der Waals surface area contributed by atoms with Gasteiger partial charge in [-0.15, -0.1) is 0 Å². The Labute approximate surface area is 190 Å². The summed E-state index contributed by atoms with van der Waals surface area (Å²) in [5.41, 5.74) is 4.81. The maximum Gasteiger partial charge on any atom is 0.0598 e. The lowest BCUT2D eigenvalue weighted by atomic mass is 9.77. The monoisotopic (exact) mass is 418 g/mol. The molecule has 31 heavy (non-hydrogen) atoms. The van der Waals surface area contributed by atoms with Crippen LogP contribution in [0.1, 0.15) is 101 Å². The average Bonchev–Trinajstić information content (AvgIpc) is 3.37. The van der Waals surface area contributed by atoms with Gasteiger partial charge in [-0.1, -0.05) is 86.7 Å². The molecule has 2 aromatic rings. The van der Waals surface area contributed by atoms with E-state index in [0.29, 0.717) is 5.92 Å². The van der Waals surface area contributed by atoms with Crippen LogP contribution in [0.25, 0.3) is 0 Å². The Kier molecular flexibility index (Phi) is 7.54. The van der Waals surface area contributed by atoms with E-state index in [1.807, 2.05) is 0 Å². The van der Waals surface area contributed by atoms with Crippen LogP contribution in [0.15, 0.2) is 54.6 Å². The number of unbranched alkanes of at least 4 members (excludes halogenated alkanes) is 3. The zero-order chi connectivity index (χ0) is 21.7. The Morgan fingerprint density at radius 3 is 2.39 bits per heavy atom. The van der Waals surface area contributed by atoms with Crippen molar-refractivity contribution in [3.8, 4) is 0 Å². The molecule has 0 saturated heterocycles. The quantitative estimate of drug-likeness (QED) is 0.372. The van der Waals surface area contributed by atoms with Gasteiger partial charge >= 0.3 is 0 Å². The second-order valence-corrected chi connectivity index (χ2v) is 11.0. The van der Waals surface area contributed by atoms with Crippen molar-refractivity contribution in [1.82, 2.24) is 0 Å². The van der Waals surface area contributed by atoms with Crippen LogP contribution < -0.4 is 0 Å². The van der Waals surface area contributed by atoms with Gasteiger partial charge in [-0.2, -0.15) is 0 Å². The third-order valence-electron chi connectivity index (χ3n) is 7.65. The summed E-state index contributed by atoms with van der Waals surface area (Å²) >= 11 is 0. The van der Waals surface area contributed by atoms with E-state index < -0.39 is 0 Å². The third-order valence-corrected chi connectivity index (χ3v) is 7.65. The number of hydrogen-bond donors (Lipinski definition) is 0. The van der Waals surface area contributed by atoms with Gasteiger partial charge in [0.2, 0.25) is 0 Å². The highest BCUT2D eigenvalue weighted by Crippen LogP contribution is 2.53. The minimum atomic E-state index is 0.00925. The van der Waals surface area contributed by atoms with Crippen LogP contribution in [-0.2, 0) is 11.2 Å². The summed E-state index contributed by atoms with van der Waals surface area (Å²) in [6, 6.07) is 20.6. The molecule has 0 bridgehead atoms. The van der Waals surface area contributed by atoms with Crippen molar-refractivity contribution >= 4 is 0 Å². The van der Waals surface area contributed by atoms with Crippen molar-refractivity contribution in [2.75, 3.05) is 6.61 Å². The van der Waals surface area contributed by atoms with Gasteiger partial charge in [0.05, 0.1) is 5.60 Å². The number of rotatable bonds is 9. The molecule has 4 rings (SSSR count). The van der Waals surface area contributed by atoms with Crippen molar-refractivity contribution in [3.05, 3.63) is 71.3 Å². The second kappa shape index (κ2) is 10.3. The van der Waals surface area contributed by atoms with E-state index in [1.54, 1.807) is 16.7 Å². The first-order valence-electron chi connectivity index (χ1n) is 12.8. The van der Waals surface area contributed by atoms with Crippen LogP contribution in [0.5, 0.6) is 0 Å². The van der Waals surface area contributed by atoms with Gasteiger partial charge in [-0.3, -0.25) is 0 Å². The van der Waals surface area contributed by atoms with Crippen LogP contribution >= 0.6 is 0 Å². The van der Waals surface area contributed by atoms with Crippen molar-refractivity contribution in [3.63, 3.8) is 0 Å². The van der Waals surface area contributed by atoms with Gasteiger partial charge in [0.15, 0.2) is 0 Å². The van der Waals surface area contributed by atoms with Gasteiger partial charge in [0, 0.05) is 6.61 Å². The molecule has 0 aliphatic heterocycles. The first-order chi connectivity index (χ1) is 15.0. The lowest BCUT2D eigenvalue weighted by Crippen LogP contribution is -2.19. The number of ether oxygens (including phenoxy) is 1. The summed E-state index contributed by atoms with van der Waals surface area (Å²) in [5, 5.41) is 0. The Bertz CT molecular complexity index is 803. The Balaban J connectivity index is 1.28. The number of hydrogen-bond acceptors (Lipinski definition) is 1. The van der Waals surface area contributed by atoms with Crippen LogP contribution in [0, 0.1) is 11.8 Å². The second-order valence-electron chi connectivity index (χ2n) is 11.0. The van der Waals surface area contributed by atoms with Crippen LogP contribution in [-0.4, -0.2) is 12.2 Å². The predicted molar refractivity (Wildman–Crippen MR) is 132 cm³/mol. The van der Waals surface area contributed by atoms with Gasteiger partial charge in [-0.05, 0) is 86.8 Å². The first-order valence-corrected chi connectivity index (χ1v) is 12.8. The van der Waals surface area contributed by atoms with Crippen molar-refractivity contribution in [2.45, 2.75) is 96.0 Å². The molecule has 4 unspecified atom stereocenters. The summed E-state index contributed by atoms with van der Waals surface area (Å²) < 4.78 is 5.86. The Morgan fingerprint density at radius 1 is 0.839 bits per heavy atom. The standard InChI is InChI=1S/C30H42O/c1-30(2,3)31-20-12-5-4-7-13-23-18-19-26(21-23)29-27-17-11-10-16-25(27)22-28(29)24-14-8-6-9-15-24/h6,8-11,14-17,23,26,28-29H,4-5,7,12-13,18-22H2,1-3H3. The Hall–Kier alpha value is -1.60. The molecule has 0 amide bonds. The molecule has 0 radical (unpaired) electrons. The summed E-state index contributed by atoms with van der Waals surface area (Å²) in [6.07, 6.45) is 12.3. The van der Waals surface area contributed by atoms with Crippen LogP contribution in [0.4, 0.5) is 0 Å². The fourth-order valence-electron chi connectivity index (χ4n) is 6.20. The highest BCUT2D eigenvalue weighted by atomic mass is 16.5. The van der Waals surface area contributed by atoms with Crippen LogP contribution in [0.2, 0.25) is 0 Å². The van der Waals surface area contributed by atoms with E-state index in [4.69, 9.17) is 4.74 Å². The molecule has 0 heterocycles. The van der Waals surface area contributed by atoms with E-state index in [0.717, 1.165) is 24.4 Å². The molecule has 2 aliphatic rings. The van der Waals surface area contributed by atoms with Crippen LogP contribution in [0.3, 0.4) is 0 Å². The maximum atomic E-state index is 5.86. The smallest absolute Gasteiger partial charge is 0.0598 e. The molecule has 168 valence electrons. The molecule has 1 saturated carbocycles. The zero-order valence-electron chi connectivity index (χ0n) is 20.0. The summed E-state index contributed by atoms with van der Waals surface area (Å²) in [5.74, 6) is 3.20. The van der Waals surface area contributed by atoms with E-state index in [-0.39, 0.29) is 5.60 Å². The predicted octanol–water partition coefficient (Wildman–Crippen LogP) is 8.29. The molecule has 0 N–H and O–H groups in total. The SMILES string of the molecule is CC(C)(C)OCCCCCCC1CCC(C2c3ccccc3CC2c2ccccc2)C1. The minimum Gasteiger partial charge on any atom is -0.376 e. The molecule has 1 fully saturated rings. The van der Waals surface area contributed by atoms with E-state index in [1.165, 1.54) is 57.8 Å². The number of fused-ring (bicyclic) bond motifs is 1. The molecule has 4 atom stereocenters. The summed E-state index contributed by atoms with van der Waals surface area (Å²) in [4.78, 5) is 0. The molecular formula is C30H42O. The molecule has 0 aromatic heterocycles. The lowest BCUT2D eigenvalue weighted by Gasteiger charge is -2.27. The number of benzene rings is 2. The van der Waals surface area contributed by atoms with E-state index >= 15 is 0 Å². The summed E-state index contributed by atoms with van der Waals surface area (Å²) in [6.45, 7) is 7.36. The zero-order valence-corrected chi connectivity index (χ0v) is 20.0. The maximum absolute atomic E-state index is 5.86. The minimum absolute atomic E-state index is 0.00925. The molecule has 1 nitrogen and oxygen atoms in total. The lowest BCUT2D eigenvalue weighted by molar-refractivity contribution is -0.00476. The Morgan fingerprint density at radius 2 is 1.58 bits per heavy atom. The normalized spacial score (nSPS) is 25.6. The molecule has 1 heteroatoms. The van der Waals surface area contributed by atoms with E-state index in [2.05, 4.69) is 75.4 Å². The van der Waals surface area contributed by atoms with Crippen molar-refractivity contribution < 1.29 is 4.74 Å². The summed E-state index contributed by atoms with van der Waals surface area (Å²) in [7, 11) is 0. The molecular weight excluding hydrogens is 376 g/mol. The van der Waals surface area contributed by atoms with E-state index in [9.17, 15) is 0 Å². The fourth-order valence-corrected chi connectivity index (χ4v) is 6.20. The fraction of sp³-hybridized carbons (Fsp3) is 0.600. The first kappa shape index (κ1) is 22.6. The molecule has 2 aliphatic carbocycles. The molecule has 0 spiro atoms. The average molecular weight is 419 g/mol.